The first-order chi connectivity index (χ1) is 16.2. The van der Waals surface area contributed by atoms with Crippen molar-refractivity contribution in [2.24, 2.45) is 11.7 Å². The summed E-state index contributed by atoms with van der Waals surface area (Å²) in [6.07, 6.45) is 0.607. The van der Waals surface area contributed by atoms with Crippen LogP contribution in [0.2, 0.25) is 0 Å². The van der Waals surface area contributed by atoms with Gasteiger partial charge in [-0.15, -0.1) is 0 Å². The van der Waals surface area contributed by atoms with Crippen LogP contribution in [0.1, 0.15) is 37.2 Å². The minimum absolute atomic E-state index is 0.0236. The number of primary amides is 1. The minimum Gasteiger partial charge on any atom is -0.496 e. The van der Waals surface area contributed by atoms with E-state index in [9.17, 15) is 14.0 Å². The first kappa shape index (κ1) is 24.8. The van der Waals surface area contributed by atoms with Gasteiger partial charge in [-0.05, 0) is 54.8 Å². The minimum atomic E-state index is -0.498. The van der Waals surface area contributed by atoms with Crippen molar-refractivity contribution in [2.45, 2.75) is 32.7 Å². The maximum Gasteiger partial charge on any atom is 0.272 e. The van der Waals surface area contributed by atoms with Gasteiger partial charge >= 0.3 is 0 Å². The van der Waals surface area contributed by atoms with Crippen molar-refractivity contribution in [3.63, 3.8) is 0 Å². The van der Waals surface area contributed by atoms with E-state index in [4.69, 9.17) is 15.2 Å². The molecule has 0 aliphatic heterocycles. The Bertz CT molecular complexity index is 1140. The fraction of sp³-hybridized carbons (Fsp3) is 0.320. The molecule has 3 aromatic rings. The van der Waals surface area contributed by atoms with Crippen LogP contribution in [0.25, 0.3) is 16.9 Å². The first-order valence-electron chi connectivity index (χ1n) is 10.9. The Morgan fingerprint density at radius 2 is 1.71 bits per heavy atom. The number of hydrogen-bond acceptors (Lipinski definition) is 5. The summed E-state index contributed by atoms with van der Waals surface area (Å²) in [5.74, 6) is -0.0739. The molecule has 1 atom stereocenters. The van der Waals surface area contributed by atoms with Gasteiger partial charge in [0.2, 0.25) is 5.91 Å². The Labute approximate surface area is 197 Å². The SMILES string of the molecule is COc1cccc(OC)c1-c1cc(C(=O)NC(CC(N)=O)CC(C)C)nn1-c1ccc(F)cc1. The zero-order valence-electron chi connectivity index (χ0n) is 19.7. The molecule has 0 aliphatic carbocycles. The van der Waals surface area contributed by atoms with Crippen molar-refractivity contribution in [2.75, 3.05) is 14.2 Å². The third kappa shape index (κ3) is 5.72. The lowest BCUT2D eigenvalue weighted by Crippen LogP contribution is -2.39. The molecule has 180 valence electrons. The highest BCUT2D eigenvalue weighted by atomic mass is 19.1. The molecule has 0 aliphatic rings. The van der Waals surface area contributed by atoms with Crippen molar-refractivity contribution in [3.8, 4) is 28.4 Å². The predicted octanol–water partition coefficient (Wildman–Crippen LogP) is 3.72. The molecule has 3 N–H and O–H groups in total. The van der Waals surface area contributed by atoms with Gasteiger partial charge in [0.1, 0.15) is 17.3 Å². The molecule has 0 fully saturated rings. The zero-order chi connectivity index (χ0) is 24.8. The summed E-state index contributed by atoms with van der Waals surface area (Å²) in [4.78, 5) is 24.6. The van der Waals surface area contributed by atoms with E-state index >= 15 is 0 Å². The Morgan fingerprint density at radius 1 is 1.09 bits per heavy atom. The highest BCUT2D eigenvalue weighted by molar-refractivity contribution is 5.94. The normalized spacial score (nSPS) is 11.8. The van der Waals surface area contributed by atoms with Gasteiger partial charge in [-0.3, -0.25) is 9.59 Å². The van der Waals surface area contributed by atoms with Gasteiger partial charge in [0.25, 0.3) is 5.91 Å². The maximum absolute atomic E-state index is 13.6. The van der Waals surface area contributed by atoms with Crippen LogP contribution in [-0.2, 0) is 4.79 Å². The molecule has 1 heterocycles. The molecule has 0 spiro atoms. The van der Waals surface area contributed by atoms with Crippen LogP contribution in [0.5, 0.6) is 11.5 Å². The molecule has 0 radical (unpaired) electrons. The number of amides is 2. The molecule has 0 saturated carbocycles. The second-order valence-corrected chi connectivity index (χ2v) is 8.31. The number of nitrogens with zero attached hydrogens (tertiary/aromatic N) is 2. The van der Waals surface area contributed by atoms with Crippen LogP contribution in [0.15, 0.2) is 48.5 Å². The van der Waals surface area contributed by atoms with Gasteiger partial charge in [-0.25, -0.2) is 9.07 Å². The van der Waals surface area contributed by atoms with Crippen LogP contribution in [0.3, 0.4) is 0 Å². The third-order valence-corrected chi connectivity index (χ3v) is 5.24. The largest absolute Gasteiger partial charge is 0.496 e. The van der Waals surface area contributed by atoms with E-state index in [0.717, 1.165) is 0 Å². The summed E-state index contributed by atoms with van der Waals surface area (Å²) in [5.41, 5.74) is 7.13. The molecule has 8 nitrogen and oxygen atoms in total. The fourth-order valence-electron chi connectivity index (χ4n) is 3.82. The summed E-state index contributed by atoms with van der Waals surface area (Å²) in [6, 6.07) is 12.2. The maximum atomic E-state index is 13.6. The second kappa shape index (κ2) is 10.8. The molecule has 1 aromatic heterocycles. The van der Waals surface area contributed by atoms with Gasteiger partial charge in [-0.2, -0.15) is 5.10 Å². The lowest BCUT2D eigenvalue weighted by molar-refractivity contribution is -0.118. The molecule has 0 bridgehead atoms. The molecule has 9 heteroatoms. The highest BCUT2D eigenvalue weighted by Crippen LogP contribution is 2.39. The molecule has 2 amide bonds. The lowest BCUT2D eigenvalue weighted by atomic mass is 10.0. The number of methoxy groups -OCH3 is 2. The first-order valence-corrected chi connectivity index (χ1v) is 10.9. The molecule has 1 unspecified atom stereocenters. The second-order valence-electron chi connectivity index (χ2n) is 8.31. The summed E-state index contributed by atoms with van der Waals surface area (Å²) < 4.78 is 26.2. The van der Waals surface area contributed by atoms with E-state index in [2.05, 4.69) is 10.4 Å². The predicted molar refractivity (Wildman–Crippen MR) is 127 cm³/mol. The van der Waals surface area contributed by atoms with Gasteiger partial charge in [0, 0.05) is 12.5 Å². The van der Waals surface area contributed by atoms with Gasteiger partial charge in [-0.1, -0.05) is 19.9 Å². The number of nitrogens with two attached hydrogens (primary N) is 1. The smallest absolute Gasteiger partial charge is 0.272 e. The van der Waals surface area contributed by atoms with E-state index in [1.54, 1.807) is 36.4 Å². The van der Waals surface area contributed by atoms with Crippen molar-refractivity contribution in [3.05, 3.63) is 60.0 Å². The molecule has 2 aromatic carbocycles. The monoisotopic (exact) mass is 468 g/mol. The number of carbonyl (C=O) groups is 2. The number of carbonyl (C=O) groups excluding carboxylic acids is 2. The van der Waals surface area contributed by atoms with Gasteiger partial charge in [0.05, 0.1) is 31.2 Å². The third-order valence-electron chi connectivity index (χ3n) is 5.24. The summed E-state index contributed by atoms with van der Waals surface area (Å²) in [5, 5.41) is 7.37. The molecular formula is C25H29FN4O4. The Hall–Kier alpha value is -3.88. The van der Waals surface area contributed by atoms with E-state index in [-0.39, 0.29) is 18.0 Å². The molecule has 3 rings (SSSR count). The van der Waals surface area contributed by atoms with E-state index in [1.165, 1.54) is 31.0 Å². The quantitative estimate of drug-likeness (QED) is 0.472. The summed E-state index contributed by atoms with van der Waals surface area (Å²) in [7, 11) is 3.07. The Balaban J connectivity index is 2.10. The summed E-state index contributed by atoms with van der Waals surface area (Å²) in [6.45, 7) is 3.99. The Kier molecular flexibility index (Phi) is 7.88. The highest BCUT2D eigenvalue weighted by Gasteiger charge is 2.24. The fourth-order valence-corrected chi connectivity index (χ4v) is 3.82. The van der Waals surface area contributed by atoms with E-state index in [0.29, 0.717) is 34.9 Å². The van der Waals surface area contributed by atoms with Gasteiger partial charge in [0.15, 0.2) is 5.69 Å². The average Bonchev–Trinajstić information content (AvgIpc) is 3.23. The van der Waals surface area contributed by atoms with Gasteiger partial charge < -0.3 is 20.5 Å². The number of benzene rings is 2. The van der Waals surface area contributed by atoms with Crippen molar-refractivity contribution < 1.29 is 23.5 Å². The summed E-state index contributed by atoms with van der Waals surface area (Å²) >= 11 is 0. The van der Waals surface area contributed by atoms with Crippen LogP contribution < -0.4 is 20.5 Å². The van der Waals surface area contributed by atoms with Crippen molar-refractivity contribution >= 4 is 11.8 Å². The van der Waals surface area contributed by atoms with Crippen LogP contribution >= 0.6 is 0 Å². The van der Waals surface area contributed by atoms with E-state index in [1.807, 2.05) is 13.8 Å². The van der Waals surface area contributed by atoms with Crippen LogP contribution in [0, 0.1) is 11.7 Å². The zero-order valence-corrected chi connectivity index (χ0v) is 19.7. The lowest BCUT2D eigenvalue weighted by Gasteiger charge is -2.18. The van der Waals surface area contributed by atoms with Crippen LogP contribution in [0.4, 0.5) is 4.39 Å². The standard InChI is InChI=1S/C25H29FN4O4/c1-15(2)12-17(13-23(27)31)28-25(32)19-14-20(24-21(33-3)6-5-7-22(24)34-4)30(29-19)18-10-8-16(26)9-11-18/h5-11,14-15,17H,12-13H2,1-4H3,(H2,27,31)(H,28,32). The number of ether oxygens (including phenoxy) is 2. The number of nitrogens with one attached hydrogen (secondary N) is 1. The number of aromatic nitrogens is 2. The molecule has 0 saturated heterocycles. The number of hydrogen-bond donors (Lipinski definition) is 2. The van der Waals surface area contributed by atoms with Crippen molar-refractivity contribution in [1.82, 2.24) is 15.1 Å². The molecule has 34 heavy (non-hydrogen) atoms. The molecular weight excluding hydrogens is 439 g/mol. The van der Waals surface area contributed by atoms with E-state index < -0.39 is 23.7 Å². The number of rotatable bonds is 10. The average molecular weight is 469 g/mol. The van der Waals surface area contributed by atoms with Crippen LogP contribution in [-0.4, -0.2) is 41.9 Å². The topological polar surface area (TPSA) is 108 Å². The Morgan fingerprint density at radius 3 is 2.24 bits per heavy atom. The number of halogens is 1. The van der Waals surface area contributed by atoms with Crippen molar-refractivity contribution in [1.29, 1.82) is 0 Å².